The number of nitrogens with zero attached hydrogens (tertiary/aromatic N) is 1. The van der Waals surface area contributed by atoms with Crippen LogP contribution in [-0.4, -0.2) is 29.4 Å². The van der Waals surface area contributed by atoms with Crippen LogP contribution in [0.1, 0.15) is 28.5 Å². The van der Waals surface area contributed by atoms with E-state index in [4.69, 9.17) is 14.4 Å². The van der Waals surface area contributed by atoms with Crippen LogP contribution in [0.3, 0.4) is 0 Å². The van der Waals surface area contributed by atoms with E-state index in [1.807, 2.05) is 24.3 Å². The zero-order valence-corrected chi connectivity index (χ0v) is 10.2. The molecule has 3 rings (SSSR count). The van der Waals surface area contributed by atoms with Crippen LogP contribution in [0.5, 0.6) is 0 Å². The third kappa shape index (κ3) is 2.24. The zero-order valence-electron chi connectivity index (χ0n) is 10.2. The van der Waals surface area contributed by atoms with Crippen molar-refractivity contribution in [3.8, 4) is 11.3 Å². The van der Waals surface area contributed by atoms with E-state index in [1.54, 1.807) is 0 Å². The number of hydrogen-bond donors (Lipinski definition) is 1. The summed E-state index contributed by atoms with van der Waals surface area (Å²) in [7, 11) is 0. The molecule has 1 fully saturated rings. The summed E-state index contributed by atoms with van der Waals surface area (Å²) in [6, 6.07) is 9.29. The standard InChI is InChI=1S/C14H13NO4/c16-14(17)13-7-12(15-19-13)11-4-2-1-3-10(11)9-5-6-18-8-9/h1-4,7,9H,5-6,8H2,(H,16,17). The van der Waals surface area contributed by atoms with E-state index < -0.39 is 5.97 Å². The zero-order chi connectivity index (χ0) is 13.2. The Hall–Kier alpha value is -2.14. The molecule has 2 aromatic rings. The molecule has 0 aliphatic carbocycles. The lowest BCUT2D eigenvalue weighted by atomic mass is 9.92. The summed E-state index contributed by atoms with van der Waals surface area (Å²) in [6.45, 7) is 1.46. The Balaban J connectivity index is 2.01. The molecule has 0 spiro atoms. The van der Waals surface area contributed by atoms with Gasteiger partial charge >= 0.3 is 5.97 Å². The second-order valence-electron chi connectivity index (χ2n) is 4.53. The first-order valence-corrected chi connectivity index (χ1v) is 6.13. The van der Waals surface area contributed by atoms with Crippen LogP contribution in [0.4, 0.5) is 0 Å². The molecule has 19 heavy (non-hydrogen) atoms. The number of ether oxygens (including phenoxy) is 1. The van der Waals surface area contributed by atoms with E-state index in [0.29, 0.717) is 18.2 Å². The normalized spacial score (nSPS) is 18.6. The number of hydrogen-bond acceptors (Lipinski definition) is 4. The number of benzene rings is 1. The van der Waals surface area contributed by atoms with Crippen LogP contribution >= 0.6 is 0 Å². The Kier molecular flexibility index (Phi) is 3.05. The maximum absolute atomic E-state index is 10.8. The first-order valence-electron chi connectivity index (χ1n) is 6.13. The topological polar surface area (TPSA) is 72.6 Å². The minimum absolute atomic E-state index is 0.146. The fraction of sp³-hybridized carbons (Fsp3) is 0.286. The van der Waals surface area contributed by atoms with E-state index in [2.05, 4.69) is 5.16 Å². The first-order chi connectivity index (χ1) is 9.25. The average Bonchev–Trinajstić information content (AvgIpc) is 3.10. The highest BCUT2D eigenvalue weighted by Gasteiger charge is 2.22. The Morgan fingerprint density at radius 1 is 1.37 bits per heavy atom. The molecule has 0 saturated carbocycles. The van der Waals surface area contributed by atoms with Crippen molar-refractivity contribution in [2.24, 2.45) is 0 Å². The van der Waals surface area contributed by atoms with Gasteiger partial charge in [0.1, 0.15) is 5.69 Å². The Morgan fingerprint density at radius 3 is 2.89 bits per heavy atom. The lowest BCUT2D eigenvalue weighted by Crippen LogP contribution is -2.00. The molecule has 0 radical (unpaired) electrons. The molecule has 98 valence electrons. The van der Waals surface area contributed by atoms with Crippen LogP contribution in [0.2, 0.25) is 0 Å². The van der Waals surface area contributed by atoms with Crippen molar-refractivity contribution >= 4 is 5.97 Å². The number of carbonyl (C=O) groups is 1. The van der Waals surface area contributed by atoms with Crippen molar-refractivity contribution in [1.29, 1.82) is 0 Å². The molecule has 1 saturated heterocycles. The van der Waals surface area contributed by atoms with E-state index in [9.17, 15) is 4.79 Å². The highest BCUT2D eigenvalue weighted by molar-refractivity contribution is 5.85. The molecule has 1 unspecified atom stereocenters. The smallest absolute Gasteiger partial charge is 0.374 e. The molecule has 0 bridgehead atoms. The molecule has 1 aliphatic heterocycles. The van der Waals surface area contributed by atoms with Crippen LogP contribution in [0, 0.1) is 0 Å². The number of carboxylic acids is 1. The fourth-order valence-electron chi connectivity index (χ4n) is 2.37. The summed E-state index contributed by atoms with van der Waals surface area (Å²) in [4.78, 5) is 10.8. The maximum Gasteiger partial charge on any atom is 0.374 e. The third-order valence-electron chi connectivity index (χ3n) is 3.33. The summed E-state index contributed by atoms with van der Waals surface area (Å²) in [6.07, 6.45) is 0.973. The van der Waals surface area contributed by atoms with E-state index in [0.717, 1.165) is 24.2 Å². The number of aromatic carboxylic acids is 1. The number of carboxylic acid groups (broad SMARTS) is 1. The van der Waals surface area contributed by atoms with Crippen molar-refractivity contribution in [1.82, 2.24) is 5.16 Å². The van der Waals surface area contributed by atoms with Gasteiger partial charge in [-0.1, -0.05) is 29.4 Å². The minimum Gasteiger partial charge on any atom is -0.475 e. The highest BCUT2D eigenvalue weighted by atomic mass is 16.5. The average molecular weight is 259 g/mol. The fourth-order valence-corrected chi connectivity index (χ4v) is 2.37. The minimum atomic E-state index is -1.11. The van der Waals surface area contributed by atoms with Crippen molar-refractivity contribution in [2.45, 2.75) is 12.3 Å². The SMILES string of the molecule is O=C(O)c1cc(-c2ccccc2C2CCOC2)no1. The van der Waals surface area contributed by atoms with E-state index in [1.165, 1.54) is 6.07 Å². The Bertz CT molecular complexity index is 599. The molecule has 1 aromatic heterocycles. The third-order valence-corrected chi connectivity index (χ3v) is 3.33. The second-order valence-corrected chi connectivity index (χ2v) is 4.53. The molecule has 1 N–H and O–H groups in total. The summed E-state index contributed by atoms with van der Waals surface area (Å²) in [5.74, 6) is -0.922. The molecular weight excluding hydrogens is 246 g/mol. The van der Waals surface area contributed by atoms with Gasteiger partial charge in [0.05, 0.1) is 6.61 Å². The van der Waals surface area contributed by atoms with Crippen molar-refractivity contribution in [3.05, 3.63) is 41.7 Å². The molecule has 1 aliphatic rings. The van der Waals surface area contributed by atoms with Crippen molar-refractivity contribution in [3.63, 3.8) is 0 Å². The molecule has 1 aromatic carbocycles. The Labute approximate surface area is 109 Å². The van der Waals surface area contributed by atoms with Crippen LogP contribution < -0.4 is 0 Å². The summed E-state index contributed by atoms with van der Waals surface area (Å²) in [5.41, 5.74) is 2.60. The molecule has 2 heterocycles. The monoisotopic (exact) mass is 259 g/mol. The van der Waals surface area contributed by atoms with Gasteiger partial charge in [0, 0.05) is 24.2 Å². The summed E-state index contributed by atoms with van der Waals surface area (Å²) >= 11 is 0. The van der Waals surface area contributed by atoms with Gasteiger partial charge in [-0.2, -0.15) is 0 Å². The molecule has 0 amide bonds. The lowest BCUT2D eigenvalue weighted by molar-refractivity contribution is 0.0652. The predicted octanol–water partition coefficient (Wildman–Crippen LogP) is 2.54. The predicted molar refractivity (Wildman–Crippen MR) is 67.1 cm³/mol. The van der Waals surface area contributed by atoms with Gasteiger partial charge in [0.25, 0.3) is 0 Å². The van der Waals surface area contributed by atoms with Gasteiger partial charge in [-0.3, -0.25) is 0 Å². The summed E-state index contributed by atoms with van der Waals surface area (Å²) < 4.78 is 10.2. The largest absolute Gasteiger partial charge is 0.475 e. The van der Waals surface area contributed by atoms with Crippen molar-refractivity contribution < 1.29 is 19.2 Å². The highest BCUT2D eigenvalue weighted by Crippen LogP contribution is 2.33. The molecule has 1 atom stereocenters. The van der Waals surface area contributed by atoms with Crippen molar-refractivity contribution in [2.75, 3.05) is 13.2 Å². The number of rotatable bonds is 3. The van der Waals surface area contributed by atoms with Gasteiger partial charge in [-0.15, -0.1) is 0 Å². The molecule has 5 heteroatoms. The van der Waals surface area contributed by atoms with E-state index >= 15 is 0 Å². The van der Waals surface area contributed by atoms with Gasteiger partial charge < -0.3 is 14.4 Å². The van der Waals surface area contributed by atoms with Crippen LogP contribution in [0.15, 0.2) is 34.9 Å². The second kappa shape index (κ2) is 4.85. The summed E-state index contributed by atoms with van der Waals surface area (Å²) in [5, 5.41) is 12.7. The van der Waals surface area contributed by atoms with Gasteiger partial charge in [-0.25, -0.2) is 4.79 Å². The maximum atomic E-state index is 10.8. The molecule has 5 nitrogen and oxygen atoms in total. The van der Waals surface area contributed by atoms with Crippen LogP contribution in [0.25, 0.3) is 11.3 Å². The van der Waals surface area contributed by atoms with Crippen LogP contribution in [-0.2, 0) is 4.74 Å². The molecular formula is C14H13NO4. The van der Waals surface area contributed by atoms with E-state index in [-0.39, 0.29) is 5.76 Å². The van der Waals surface area contributed by atoms with Gasteiger partial charge in [-0.05, 0) is 12.0 Å². The number of aromatic nitrogens is 1. The first kappa shape index (κ1) is 11.9. The lowest BCUT2D eigenvalue weighted by Gasteiger charge is -2.12. The van der Waals surface area contributed by atoms with Gasteiger partial charge in [0.15, 0.2) is 0 Å². The quantitative estimate of drug-likeness (QED) is 0.917. The Morgan fingerprint density at radius 2 is 2.21 bits per heavy atom. The van der Waals surface area contributed by atoms with Gasteiger partial charge in [0.2, 0.25) is 5.76 Å².